The Morgan fingerprint density at radius 3 is 2.12 bits per heavy atom. The van der Waals surface area contributed by atoms with Crippen molar-refractivity contribution in [3.8, 4) is 5.75 Å². The van der Waals surface area contributed by atoms with E-state index in [0.717, 1.165) is 31.5 Å². The van der Waals surface area contributed by atoms with Crippen LogP contribution in [0.4, 0.5) is 4.39 Å². The first-order chi connectivity index (χ1) is 16.6. The van der Waals surface area contributed by atoms with Crippen molar-refractivity contribution in [1.82, 2.24) is 9.80 Å². The highest BCUT2D eigenvalue weighted by molar-refractivity contribution is 6.21. The molecule has 5 rings (SSSR count). The molecule has 5 nitrogen and oxygen atoms in total. The Morgan fingerprint density at radius 1 is 0.824 bits per heavy atom. The largest absolute Gasteiger partial charge is 0.485 e. The van der Waals surface area contributed by atoms with Gasteiger partial charge in [0, 0.05) is 25.1 Å². The van der Waals surface area contributed by atoms with Crippen LogP contribution in [0.3, 0.4) is 0 Å². The maximum atomic E-state index is 13.7. The summed E-state index contributed by atoms with van der Waals surface area (Å²) in [5.41, 5.74) is 2.06. The molecule has 1 fully saturated rings. The quantitative estimate of drug-likeness (QED) is 0.470. The second kappa shape index (κ2) is 9.77. The molecule has 34 heavy (non-hydrogen) atoms. The molecule has 0 aliphatic carbocycles. The molecule has 1 saturated heterocycles. The van der Waals surface area contributed by atoms with E-state index >= 15 is 0 Å². The number of hydrogen-bond acceptors (Lipinski definition) is 4. The zero-order valence-electron chi connectivity index (χ0n) is 18.9. The molecule has 2 aliphatic rings. The summed E-state index contributed by atoms with van der Waals surface area (Å²) in [5, 5.41) is 0. The van der Waals surface area contributed by atoms with Crippen molar-refractivity contribution in [1.29, 1.82) is 0 Å². The average Bonchev–Trinajstić information content (AvgIpc) is 3.12. The van der Waals surface area contributed by atoms with Crippen molar-refractivity contribution in [2.45, 2.75) is 18.9 Å². The number of benzene rings is 3. The third-order valence-corrected chi connectivity index (χ3v) is 6.77. The predicted molar refractivity (Wildman–Crippen MR) is 127 cm³/mol. The van der Waals surface area contributed by atoms with Gasteiger partial charge in [-0.15, -0.1) is 0 Å². The van der Waals surface area contributed by atoms with Crippen molar-refractivity contribution in [2.24, 2.45) is 5.92 Å². The van der Waals surface area contributed by atoms with Gasteiger partial charge in [-0.1, -0.05) is 48.5 Å². The fraction of sp³-hybridized carbons (Fsp3) is 0.286. The lowest BCUT2D eigenvalue weighted by Crippen LogP contribution is -2.42. The number of ether oxygens (including phenoxy) is 1. The Morgan fingerprint density at radius 2 is 1.47 bits per heavy atom. The number of carbonyl (C=O) groups is 2. The van der Waals surface area contributed by atoms with Crippen molar-refractivity contribution >= 4 is 11.8 Å². The highest BCUT2D eigenvalue weighted by Crippen LogP contribution is 2.35. The zero-order valence-corrected chi connectivity index (χ0v) is 18.9. The number of rotatable bonds is 7. The third kappa shape index (κ3) is 4.59. The summed E-state index contributed by atoms with van der Waals surface area (Å²) in [6.45, 7) is 2.74. The maximum absolute atomic E-state index is 13.7. The number of halogens is 1. The standard InChI is InChI=1S/C28H27FN2O3/c29-22-9-6-10-23(19-22)34-26(20-7-2-1-3-8-20)21-13-15-30(16-14-21)17-18-31-27(32)24-11-4-5-12-25(24)28(31)33/h1-12,19,21,26H,13-18H2. The summed E-state index contributed by atoms with van der Waals surface area (Å²) in [5.74, 6) is 0.0849. The van der Waals surface area contributed by atoms with Crippen LogP contribution < -0.4 is 4.74 Å². The number of nitrogens with zero attached hydrogens (tertiary/aromatic N) is 2. The molecule has 0 radical (unpaired) electrons. The first-order valence-corrected chi connectivity index (χ1v) is 11.7. The van der Waals surface area contributed by atoms with Gasteiger partial charge < -0.3 is 9.64 Å². The molecular formula is C28H27FN2O3. The van der Waals surface area contributed by atoms with Crippen molar-refractivity contribution in [3.63, 3.8) is 0 Å². The summed E-state index contributed by atoms with van der Waals surface area (Å²) in [4.78, 5) is 28.9. The van der Waals surface area contributed by atoms with Crippen molar-refractivity contribution < 1.29 is 18.7 Å². The number of imide groups is 1. The molecule has 0 saturated carbocycles. The first kappa shape index (κ1) is 22.3. The third-order valence-electron chi connectivity index (χ3n) is 6.77. The van der Waals surface area contributed by atoms with Crippen LogP contribution in [0.2, 0.25) is 0 Å². The van der Waals surface area contributed by atoms with E-state index in [9.17, 15) is 14.0 Å². The van der Waals surface area contributed by atoms with Gasteiger partial charge in [-0.25, -0.2) is 4.39 Å². The topological polar surface area (TPSA) is 49.9 Å². The Balaban J connectivity index is 1.21. The number of piperidine rings is 1. The van der Waals surface area contributed by atoms with Crippen LogP contribution in [-0.2, 0) is 0 Å². The molecule has 1 atom stereocenters. The Kier molecular flexibility index (Phi) is 6.41. The molecule has 0 spiro atoms. The smallest absolute Gasteiger partial charge is 0.261 e. The van der Waals surface area contributed by atoms with Gasteiger partial charge in [0.1, 0.15) is 17.7 Å². The minimum atomic E-state index is -0.313. The lowest BCUT2D eigenvalue weighted by molar-refractivity contribution is 0.0577. The van der Waals surface area contributed by atoms with Crippen LogP contribution in [0.25, 0.3) is 0 Å². The molecule has 0 bridgehead atoms. The molecule has 174 valence electrons. The van der Waals surface area contributed by atoms with Gasteiger partial charge in [-0.3, -0.25) is 14.5 Å². The van der Waals surface area contributed by atoms with Gasteiger partial charge in [0.2, 0.25) is 0 Å². The van der Waals surface area contributed by atoms with Crippen LogP contribution in [0.15, 0.2) is 78.9 Å². The number of likely N-dealkylation sites (tertiary alicyclic amines) is 1. The summed E-state index contributed by atoms with van der Waals surface area (Å²) in [6.07, 6.45) is 1.66. The van der Waals surface area contributed by atoms with Crippen molar-refractivity contribution in [2.75, 3.05) is 26.2 Å². The van der Waals surface area contributed by atoms with E-state index in [1.807, 2.05) is 18.2 Å². The van der Waals surface area contributed by atoms with Crippen LogP contribution in [0, 0.1) is 11.7 Å². The van der Waals surface area contributed by atoms with E-state index in [0.29, 0.717) is 30.0 Å². The minimum Gasteiger partial charge on any atom is -0.485 e. The fourth-order valence-corrected chi connectivity index (χ4v) is 4.93. The van der Waals surface area contributed by atoms with Crippen LogP contribution in [-0.4, -0.2) is 47.8 Å². The Hall–Kier alpha value is -3.51. The van der Waals surface area contributed by atoms with Gasteiger partial charge in [0.25, 0.3) is 11.8 Å². The Labute approximate surface area is 198 Å². The molecule has 0 N–H and O–H groups in total. The summed E-state index contributed by atoms with van der Waals surface area (Å²) >= 11 is 0. The van der Waals surface area contributed by atoms with Gasteiger partial charge in [-0.2, -0.15) is 0 Å². The molecule has 2 aliphatic heterocycles. The van der Waals surface area contributed by atoms with Crippen molar-refractivity contribution in [3.05, 3.63) is 101 Å². The van der Waals surface area contributed by atoms with Gasteiger partial charge in [0.15, 0.2) is 0 Å². The van der Waals surface area contributed by atoms with E-state index in [1.165, 1.54) is 17.0 Å². The summed E-state index contributed by atoms with van der Waals surface area (Å²) < 4.78 is 20.0. The Bertz CT molecular complexity index is 1140. The summed E-state index contributed by atoms with van der Waals surface area (Å²) in [7, 11) is 0. The van der Waals surface area contributed by atoms with Gasteiger partial charge in [-0.05, 0) is 55.8 Å². The second-order valence-corrected chi connectivity index (χ2v) is 8.89. The first-order valence-electron chi connectivity index (χ1n) is 11.7. The maximum Gasteiger partial charge on any atom is 0.261 e. The lowest BCUT2D eigenvalue weighted by atomic mass is 9.87. The zero-order chi connectivity index (χ0) is 23.5. The number of fused-ring (bicyclic) bond motifs is 1. The van der Waals surface area contributed by atoms with Crippen LogP contribution >= 0.6 is 0 Å². The fourth-order valence-electron chi connectivity index (χ4n) is 4.93. The SMILES string of the molecule is O=C1c2ccccc2C(=O)N1CCN1CCC(C(Oc2cccc(F)c2)c2ccccc2)CC1. The second-order valence-electron chi connectivity index (χ2n) is 8.89. The molecular weight excluding hydrogens is 431 g/mol. The molecule has 3 aromatic carbocycles. The van der Waals surface area contributed by atoms with Crippen LogP contribution in [0.1, 0.15) is 45.2 Å². The number of amides is 2. The number of hydrogen-bond donors (Lipinski definition) is 0. The molecule has 6 heteroatoms. The average molecular weight is 459 g/mol. The normalized spacial score (nSPS) is 17.6. The monoisotopic (exact) mass is 458 g/mol. The summed E-state index contributed by atoms with van der Waals surface area (Å²) in [6, 6.07) is 23.4. The highest BCUT2D eigenvalue weighted by atomic mass is 19.1. The minimum absolute atomic E-state index is 0.165. The highest BCUT2D eigenvalue weighted by Gasteiger charge is 2.35. The molecule has 3 aromatic rings. The van der Waals surface area contributed by atoms with Gasteiger partial charge in [0.05, 0.1) is 11.1 Å². The predicted octanol–water partition coefficient (Wildman–Crippen LogP) is 4.95. The molecule has 1 unspecified atom stereocenters. The van der Waals surface area contributed by atoms with E-state index in [4.69, 9.17) is 4.74 Å². The van der Waals surface area contributed by atoms with E-state index in [2.05, 4.69) is 17.0 Å². The molecule has 2 amide bonds. The van der Waals surface area contributed by atoms with E-state index in [1.54, 1.807) is 36.4 Å². The number of carbonyl (C=O) groups excluding carboxylic acids is 2. The van der Waals surface area contributed by atoms with Gasteiger partial charge >= 0.3 is 0 Å². The molecule has 2 heterocycles. The molecule has 0 aromatic heterocycles. The van der Waals surface area contributed by atoms with E-state index in [-0.39, 0.29) is 29.7 Å². The van der Waals surface area contributed by atoms with Crippen LogP contribution in [0.5, 0.6) is 5.75 Å². The lowest BCUT2D eigenvalue weighted by Gasteiger charge is -2.36. The van der Waals surface area contributed by atoms with E-state index < -0.39 is 0 Å².